The summed E-state index contributed by atoms with van der Waals surface area (Å²) >= 11 is 1.52. The number of rotatable bonds is 9. The van der Waals surface area contributed by atoms with Crippen LogP contribution in [0.15, 0.2) is 53.7 Å². The third kappa shape index (κ3) is 9.13. The molecule has 37 heavy (non-hydrogen) atoms. The molecule has 1 fully saturated rings. The Balaban J connectivity index is 0.00000380. The van der Waals surface area contributed by atoms with Crippen LogP contribution in [0.4, 0.5) is 5.82 Å². The van der Waals surface area contributed by atoms with Gasteiger partial charge < -0.3 is 31.9 Å². The molecule has 0 bridgehead atoms. The number of hydrogen-bond acceptors (Lipinski definition) is 7. The molecular weight excluding hydrogens is 508 g/mol. The molecule has 1 saturated heterocycles. The first kappa shape index (κ1) is 30.2. The molecule has 1 N–H and O–H groups in total. The number of likely N-dealkylation sites (N-methyl/N-ethyl adjacent to an activating group) is 1. The van der Waals surface area contributed by atoms with Crippen LogP contribution in [0.25, 0.3) is 0 Å². The number of thioether (sulfide) groups is 1. The number of nitrogens with one attached hydrogen (secondary N) is 1. The second kappa shape index (κ2) is 15.3. The molecule has 2 aromatic heterocycles. The van der Waals surface area contributed by atoms with E-state index in [4.69, 9.17) is 0 Å². The number of pyridine rings is 1. The largest absolute Gasteiger partial charge is 1.00 e. The molecule has 1 aliphatic heterocycles. The van der Waals surface area contributed by atoms with Crippen LogP contribution in [-0.4, -0.2) is 59.0 Å². The third-order valence-corrected chi connectivity index (χ3v) is 7.32. The van der Waals surface area contributed by atoms with E-state index >= 15 is 0 Å². The quantitative estimate of drug-likeness (QED) is 0.246. The molecule has 0 spiro atoms. The Bertz CT molecular complexity index is 1100. The van der Waals surface area contributed by atoms with Crippen LogP contribution in [0.2, 0.25) is 0 Å². The van der Waals surface area contributed by atoms with Crippen LogP contribution in [0.5, 0.6) is 0 Å². The van der Waals surface area contributed by atoms with Gasteiger partial charge in [-0.3, -0.25) is 20.5 Å². The predicted octanol–water partition coefficient (Wildman–Crippen LogP) is 0.916. The SMILES string of the molecule is Cc1cnc(CNC(=O)C([CH-]Sc2[c-]cccc2)C(C)c2[c-]nc(N3CCCN(C)CC3)cc2)cn1.[K+]. The number of carbonyl (C=O) groups excluding carboxylic acids is 1. The van der Waals surface area contributed by atoms with E-state index in [9.17, 15) is 4.79 Å². The molecule has 1 amide bonds. The summed E-state index contributed by atoms with van der Waals surface area (Å²) in [5, 5.41) is 3.04. The minimum absolute atomic E-state index is 0. The number of anilines is 1. The van der Waals surface area contributed by atoms with Crippen molar-refractivity contribution in [1.82, 2.24) is 25.2 Å². The third-order valence-electron chi connectivity index (χ3n) is 6.39. The topological polar surface area (TPSA) is 74.2 Å². The van der Waals surface area contributed by atoms with Crippen molar-refractivity contribution in [3.05, 3.63) is 83.8 Å². The van der Waals surface area contributed by atoms with Gasteiger partial charge in [0.25, 0.3) is 0 Å². The van der Waals surface area contributed by atoms with Gasteiger partial charge in [-0.25, -0.2) is 0 Å². The van der Waals surface area contributed by atoms with Crippen LogP contribution >= 0.6 is 11.8 Å². The molecule has 0 saturated carbocycles. The Kier molecular flexibility index (Phi) is 12.5. The molecule has 1 aromatic carbocycles. The molecule has 0 radical (unpaired) electrons. The van der Waals surface area contributed by atoms with E-state index in [0.717, 1.165) is 60.3 Å². The summed E-state index contributed by atoms with van der Waals surface area (Å²) in [6.07, 6.45) is 7.76. The fraction of sp³-hybridized carbons (Fsp3) is 0.393. The molecular formula is C28H33KN6OS-2. The van der Waals surface area contributed by atoms with Crippen molar-refractivity contribution in [2.75, 3.05) is 38.1 Å². The number of amides is 1. The molecule has 9 heteroatoms. The van der Waals surface area contributed by atoms with Crippen molar-refractivity contribution >= 4 is 23.5 Å². The van der Waals surface area contributed by atoms with Gasteiger partial charge in [0.2, 0.25) is 0 Å². The van der Waals surface area contributed by atoms with Gasteiger partial charge in [-0.15, -0.1) is 16.5 Å². The van der Waals surface area contributed by atoms with Gasteiger partial charge in [0.1, 0.15) is 0 Å². The summed E-state index contributed by atoms with van der Waals surface area (Å²) in [4.78, 5) is 32.2. The van der Waals surface area contributed by atoms with Gasteiger partial charge in [0.15, 0.2) is 5.91 Å². The Morgan fingerprint density at radius 3 is 2.73 bits per heavy atom. The van der Waals surface area contributed by atoms with Crippen molar-refractivity contribution in [3.8, 4) is 0 Å². The van der Waals surface area contributed by atoms with E-state index in [1.165, 1.54) is 11.8 Å². The van der Waals surface area contributed by atoms with Crippen LogP contribution in [0, 0.1) is 30.9 Å². The maximum atomic E-state index is 13.3. The minimum Gasteiger partial charge on any atom is -0.408 e. The van der Waals surface area contributed by atoms with Gasteiger partial charge >= 0.3 is 51.4 Å². The average molecular weight is 541 g/mol. The molecule has 4 rings (SSSR count). The van der Waals surface area contributed by atoms with E-state index in [1.807, 2.05) is 36.9 Å². The summed E-state index contributed by atoms with van der Waals surface area (Å²) < 4.78 is 0. The number of hydrogen-bond donors (Lipinski definition) is 1. The van der Waals surface area contributed by atoms with Crippen molar-refractivity contribution in [2.45, 2.75) is 37.6 Å². The monoisotopic (exact) mass is 540 g/mol. The van der Waals surface area contributed by atoms with Crippen LogP contribution in [0.3, 0.4) is 0 Å². The fourth-order valence-corrected chi connectivity index (χ4v) is 5.01. The summed E-state index contributed by atoms with van der Waals surface area (Å²) in [6, 6.07) is 15.1. The Labute approximate surface area is 267 Å². The summed E-state index contributed by atoms with van der Waals surface area (Å²) in [5.41, 5.74) is 2.49. The zero-order chi connectivity index (χ0) is 25.3. The van der Waals surface area contributed by atoms with E-state index in [2.05, 4.69) is 68.4 Å². The van der Waals surface area contributed by atoms with Gasteiger partial charge in [-0.2, -0.15) is 36.4 Å². The Morgan fingerprint density at radius 2 is 2.03 bits per heavy atom. The van der Waals surface area contributed by atoms with Crippen molar-refractivity contribution in [3.63, 3.8) is 0 Å². The molecule has 0 aliphatic carbocycles. The van der Waals surface area contributed by atoms with E-state index < -0.39 is 5.92 Å². The predicted molar refractivity (Wildman–Crippen MR) is 143 cm³/mol. The summed E-state index contributed by atoms with van der Waals surface area (Å²) in [5.74, 6) is 2.36. The number of nitrogens with zero attached hydrogens (tertiary/aromatic N) is 5. The first-order chi connectivity index (χ1) is 17.5. The maximum absolute atomic E-state index is 13.3. The smallest absolute Gasteiger partial charge is 0.408 e. The minimum atomic E-state index is -0.391. The summed E-state index contributed by atoms with van der Waals surface area (Å²) in [7, 11) is 2.16. The molecule has 7 nitrogen and oxygen atoms in total. The maximum Gasteiger partial charge on any atom is 1.00 e. The van der Waals surface area contributed by atoms with Crippen LogP contribution in [-0.2, 0) is 11.3 Å². The number of benzene rings is 1. The Morgan fingerprint density at radius 1 is 1.16 bits per heavy atom. The standard InChI is InChI=1S/C28H33N6OS.K/c1-21-16-30-24(18-29-21)19-32-28(35)26(20-36-25-8-5-4-6-9-25)22(2)23-10-11-27(31-17-23)34-13-7-12-33(3)14-15-34;/h4-6,8,10-11,16,18,20,22,26H,7,12-15,19H2,1-3H3,(H,32,35);/q-3;+1. The molecule has 3 heterocycles. The normalized spacial score (nSPS) is 15.8. The van der Waals surface area contributed by atoms with Gasteiger partial charge in [-0.05, 0) is 26.9 Å². The van der Waals surface area contributed by atoms with E-state index in [0.29, 0.717) is 6.54 Å². The number of aromatic nitrogens is 3. The second-order valence-corrected chi connectivity index (χ2v) is 10.1. The first-order valence-electron chi connectivity index (χ1n) is 12.3. The van der Waals surface area contributed by atoms with Crippen molar-refractivity contribution in [1.29, 1.82) is 0 Å². The summed E-state index contributed by atoms with van der Waals surface area (Å²) in [6.45, 7) is 8.34. The average Bonchev–Trinajstić information content (AvgIpc) is 3.13. The Hall–Kier alpha value is -1.33. The van der Waals surface area contributed by atoms with Crippen molar-refractivity contribution in [2.24, 2.45) is 5.92 Å². The molecule has 2 atom stereocenters. The molecule has 190 valence electrons. The van der Waals surface area contributed by atoms with Gasteiger partial charge in [-0.1, -0.05) is 25.0 Å². The second-order valence-electron chi connectivity index (χ2n) is 9.18. The van der Waals surface area contributed by atoms with Crippen molar-refractivity contribution < 1.29 is 56.2 Å². The van der Waals surface area contributed by atoms with Crippen LogP contribution in [0.1, 0.15) is 36.2 Å². The zero-order valence-corrected chi connectivity index (χ0v) is 26.1. The molecule has 2 unspecified atom stereocenters. The van der Waals surface area contributed by atoms with Crippen LogP contribution < -0.4 is 61.6 Å². The number of aryl methyl sites for hydroxylation is 1. The molecule has 3 aromatic rings. The van der Waals surface area contributed by atoms with E-state index in [-0.39, 0.29) is 63.2 Å². The molecule has 1 aliphatic rings. The van der Waals surface area contributed by atoms with Gasteiger partial charge in [0.05, 0.1) is 24.1 Å². The zero-order valence-electron chi connectivity index (χ0n) is 22.1. The fourth-order valence-electron chi connectivity index (χ4n) is 4.07. The number of carbonyl (C=O) groups is 1. The van der Waals surface area contributed by atoms with E-state index in [1.54, 1.807) is 12.4 Å². The first-order valence-corrected chi connectivity index (χ1v) is 13.2. The van der Waals surface area contributed by atoms with Gasteiger partial charge in [0, 0.05) is 31.6 Å².